The molecule has 0 saturated heterocycles. The highest BCUT2D eigenvalue weighted by Gasteiger charge is 2.17. The number of hydrogen-bond acceptors (Lipinski definition) is 5. The van der Waals surface area contributed by atoms with Gasteiger partial charge in [-0.2, -0.15) is 0 Å². The van der Waals surface area contributed by atoms with Gasteiger partial charge in [-0.05, 0) is 13.3 Å². The molecule has 5 nitrogen and oxygen atoms in total. The van der Waals surface area contributed by atoms with Crippen molar-refractivity contribution in [3.8, 4) is 0 Å². The van der Waals surface area contributed by atoms with E-state index in [-0.39, 0.29) is 31.0 Å². The fraction of sp³-hybridized carbons (Fsp3) is 0.800. The van der Waals surface area contributed by atoms with Crippen molar-refractivity contribution in [3.05, 3.63) is 0 Å². The molecule has 0 aliphatic carbocycles. The Hall–Kier alpha value is -0.910. The Kier molecular flexibility index (Phi) is 6.96. The molecule has 0 spiro atoms. The van der Waals surface area contributed by atoms with Crippen LogP contribution in [-0.4, -0.2) is 38.3 Å². The van der Waals surface area contributed by atoms with Crippen molar-refractivity contribution in [2.24, 2.45) is 0 Å². The first-order valence-electron chi connectivity index (χ1n) is 5.29. The first kappa shape index (κ1) is 15.1. The molecule has 0 radical (unpaired) electrons. The predicted molar refractivity (Wildman–Crippen MR) is 59.8 cm³/mol. The number of sulfone groups is 1. The van der Waals surface area contributed by atoms with Crippen LogP contribution in [0.15, 0.2) is 0 Å². The molecule has 0 bridgehead atoms. The number of esters is 1. The van der Waals surface area contributed by atoms with Crippen LogP contribution in [-0.2, 0) is 24.2 Å². The third-order valence-electron chi connectivity index (χ3n) is 1.95. The molecular formula is C10H18O5S. The molecule has 0 aromatic carbocycles. The monoisotopic (exact) mass is 250 g/mol. The van der Waals surface area contributed by atoms with Crippen molar-refractivity contribution < 1.29 is 22.7 Å². The summed E-state index contributed by atoms with van der Waals surface area (Å²) in [5.41, 5.74) is 0. The number of carbonyl (C=O) groups excluding carboxylic acids is 2. The molecule has 0 rings (SSSR count). The van der Waals surface area contributed by atoms with Gasteiger partial charge in [0.2, 0.25) is 0 Å². The number of ether oxygens (including phenoxy) is 1. The van der Waals surface area contributed by atoms with E-state index in [1.54, 1.807) is 13.8 Å². The Balaban J connectivity index is 3.97. The van der Waals surface area contributed by atoms with Gasteiger partial charge in [0.1, 0.15) is 11.5 Å². The first-order valence-corrected chi connectivity index (χ1v) is 7.11. The highest BCUT2D eigenvalue weighted by molar-refractivity contribution is 7.92. The summed E-state index contributed by atoms with van der Waals surface area (Å²) in [6, 6.07) is 0. The first-order chi connectivity index (χ1) is 7.41. The van der Waals surface area contributed by atoms with Crippen LogP contribution in [0.5, 0.6) is 0 Å². The maximum atomic E-state index is 11.4. The van der Waals surface area contributed by atoms with E-state index in [1.807, 2.05) is 0 Å². The molecular weight excluding hydrogens is 232 g/mol. The Morgan fingerprint density at radius 2 is 1.81 bits per heavy atom. The number of Topliss-reactive ketones (excluding diaryl/α,β-unsaturated/α-hetero) is 1. The van der Waals surface area contributed by atoms with Crippen LogP contribution in [0.1, 0.15) is 33.1 Å². The van der Waals surface area contributed by atoms with E-state index in [1.165, 1.54) is 0 Å². The van der Waals surface area contributed by atoms with E-state index in [9.17, 15) is 18.0 Å². The zero-order valence-electron chi connectivity index (χ0n) is 9.69. The second-order valence-electron chi connectivity index (χ2n) is 3.39. The molecule has 16 heavy (non-hydrogen) atoms. The lowest BCUT2D eigenvalue weighted by Crippen LogP contribution is -2.21. The summed E-state index contributed by atoms with van der Waals surface area (Å²) in [5, 5.41) is 0. The molecule has 94 valence electrons. The van der Waals surface area contributed by atoms with E-state index >= 15 is 0 Å². The van der Waals surface area contributed by atoms with Crippen molar-refractivity contribution >= 4 is 21.6 Å². The van der Waals surface area contributed by atoms with Gasteiger partial charge in [0.05, 0.1) is 12.4 Å². The number of ketones is 1. The van der Waals surface area contributed by atoms with Crippen LogP contribution < -0.4 is 0 Å². The van der Waals surface area contributed by atoms with E-state index in [2.05, 4.69) is 4.74 Å². The SMILES string of the molecule is CCOC(=O)CS(=O)(=O)CCCC(=O)CC. The highest BCUT2D eigenvalue weighted by atomic mass is 32.2. The maximum absolute atomic E-state index is 11.4. The van der Waals surface area contributed by atoms with Crippen LogP contribution in [0.2, 0.25) is 0 Å². The zero-order valence-corrected chi connectivity index (χ0v) is 10.5. The lowest BCUT2D eigenvalue weighted by Gasteiger charge is -2.03. The van der Waals surface area contributed by atoms with E-state index < -0.39 is 21.6 Å². The molecule has 0 saturated carbocycles. The molecule has 0 unspecified atom stereocenters. The van der Waals surface area contributed by atoms with Gasteiger partial charge in [0.15, 0.2) is 9.84 Å². The summed E-state index contributed by atoms with van der Waals surface area (Å²) in [4.78, 5) is 21.9. The zero-order chi connectivity index (χ0) is 12.6. The van der Waals surface area contributed by atoms with Crippen LogP contribution >= 0.6 is 0 Å². The summed E-state index contributed by atoms with van der Waals surface area (Å²) in [6.45, 7) is 3.52. The Morgan fingerprint density at radius 1 is 1.19 bits per heavy atom. The second-order valence-corrected chi connectivity index (χ2v) is 5.58. The van der Waals surface area contributed by atoms with Crippen molar-refractivity contribution in [3.63, 3.8) is 0 Å². The fourth-order valence-electron chi connectivity index (χ4n) is 1.12. The normalized spacial score (nSPS) is 11.1. The summed E-state index contributed by atoms with van der Waals surface area (Å²) >= 11 is 0. The van der Waals surface area contributed by atoms with Gasteiger partial charge in [-0.1, -0.05) is 6.92 Å². The van der Waals surface area contributed by atoms with E-state index in [0.29, 0.717) is 6.42 Å². The Labute approximate surface area is 96.1 Å². The summed E-state index contributed by atoms with van der Waals surface area (Å²) in [6.07, 6.45) is 0.935. The summed E-state index contributed by atoms with van der Waals surface area (Å²) in [5.74, 6) is -1.44. The second kappa shape index (κ2) is 7.38. The molecule has 0 aromatic heterocycles. The third-order valence-corrected chi connectivity index (χ3v) is 3.53. The maximum Gasteiger partial charge on any atom is 0.321 e. The molecule has 0 heterocycles. The molecule has 0 N–H and O–H groups in total. The standard InChI is InChI=1S/C10H18O5S/c1-3-9(11)6-5-7-16(13,14)8-10(12)15-4-2/h3-8H2,1-2H3. The summed E-state index contributed by atoms with van der Waals surface area (Å²) < 4.78 is 27.3. The van der Waals surface area contributed by atoms with Gasteiger partial charge >= 0.3 is 5.97 Å². The quantitative estimate of drug-likeness (QED) is 0.593. The Bertz CT molecular complexity index is 331. The minimum absolute atomic E-state index is 0.0336. The number of hydrogen-bond donors (Lipinski definition) is 0. The van der Waals surface area contributed by atoms with Crippen LogP contribution in [0.3, 0.4) is 0 Å². The predicted octanol–water partition coefficient (Wildman–Crippen LogP) is 0.724. The smallest absolute Gasteiger partial charge is 0.321 e. The average molecular weight is 250 g/mol. The Morgan fingerprint density at radius 3 is 2.31 bits per heavy atom. The van der Waals surface area contributed by atoms with Crippen LogP contribution in [0.4, 0.5) is 0 Å². The van der Waals surface area contributed by atoms with E-state index in [0.717, 1.165) is 0 Å². The van der Waals surface area contributed by atoms with Crippen LogP contribution in [0.25, 0.3) is 0 Å². The van der Waals surface area contributed by atoms with Gasteiger partial charge in [-0.3, -0.25) is 9.59 Å². The van der Waals surface area contributed by atoms with Gasteiger partial charge < -0.3 is 4.74 Å². The molecule has 0 fully saturated rings. The van der Waals surface area contributed by atoms with Crippen molar-refractivity contribution in [2.75, 3.05) is 18.1 Å². The van der Waals surface area contributed by atoms with Crippen molar-refractivity contribution in [1.29, 1.82) is 0 Å². The minimum atomic E-state index is -3.43. The minimum Gasteiger partial charge on any atom is -0.465 e. The highest BCUT2D eigenvalue weighted by Crippen LogP contribution is 2.01. The molecule has 6 heteroatoms. The van der Waals surface area contributed by atoms with Gasteiger partial charge in [-0.25, -0.2) is 8.42 Å². The van der Waals surface area contributed by atoms with Gasteiger partial charge in [0.25, 0.3) is 0 Å². The molecule has 0 aliphatic heterocycles. The van der Waals surface area contributed by atoms with E-state index in [4.69, 9.17) is 0 Å². The fourth-order valence-corrected chi connectivity index (χ4v) is 2.29. The van der Waals surface area contributed by atoms with Crippen LogP contribution in [0, 0.1) is 0 Å². The summed E-state index contributed by atoms with van der Waals surface area (Å²) in [7, 11) is -3.43. The lowest BCUT2D eigenvalue weighted by molar-refractivity contribution is -0.139. The average Bonchev–Trinajstić information content (AvgIpc) is 2.16. The molecule has 0 aliphatic rings. The molecule has 0 amide bonds. The van der Waals surface area contributed by atoms with Crippen molar-refractivity contribution in [2.45, 2.75) is 33.1 Å². The third kappa shape index (κ3) is 7.39. The van der Waals surface area contributed by atoms with Gasteiger partial charge in [-0.15, -0.1) is 0 Å². The topological polar surface area (TPSA) is 77.5 Å². The lowest BCUT2D eigenvalue weighted by atomic mass is 10.2. The van der Waals surface area contributed by atoms with Gasteiger partial charge in [0, 0.05) is 12.8 Å². The number of carbonyl (C=O) groups is 2. The molecule has 0 atom stereocenters. The largest absolute Gasteiger partial charge is 0.465 e. The van der Waals surface area contributed by atoms with Crippen molar-refractivity contribution in [1.82, 2.24) is 0 Å². The molecule has 0 aromatic rings. The number of rotatable bonds is 8.